The summed E-state index contributed by atoms with van der Waals surface area (Å²) in [5.41, 5.74) is 5.37. The molecule has 5 heteroatoms. The molecule has 0 bridgehead atoms. The molecular weight excluding hydrogens is 152 g/mol. The number of rotatable bonds is 2. The van der Waals surface area contributed by atoms with Gasteiger partial charge in [0.2, 0.25) is 0 Å². The monoisotopic (exact) mass is 162 g/mol. The van der Waals surface area contributed by atoms with Crippen LogP contribution in [-0.2, 0) is 9.63 Å². The van der Waals surface area contributed by atoms with Gasteiger partial charge in [0.15, 0.2) is 0 Å². The summed E-state index contributed by atoms with van der Waals surface area (Å²) < 4.78 is 0. The van der Waals surface area contributed by atoms with Crippen molar-refractivity contribution in [2.45, 2.75) is 6.04 Å². The highest BCUT2D eigenvalue weighted by molar-refractivity contribution is 7.98. The molecule has 1 saturated heterocycles. The molecule has 1 heterocycles. The Morgan fingerprint density at radius 1 is 2.00 bits per heavy atom. The van der Waals surface area contributed by atoms with Crippen LogP contribution in [0.3, 0.4) is 0 Å². The van der Waals surface area contributed by atoms with Crippen LogP contribution < -0.4 is 5.73 Å². The third kappa shape index (κ3) is 1.42. The summed E-state index contributed by atoms with van der Waals surface area (Å²) in [4.78, 5) is 15.9. The van der Waals surface area contributed by atoms with E-state index in [1.807, 2.05) is 6.26 Å². The molecule has 0 radical (unpaired) electrons. The van der Waals surface area contributed by atoms with Gasteiger partial charge in [0.25, 0.3) is 5.91 Å². The molecule has 0 aromatic rings. The first-order chi connectivity index (χ1) is 4.75. The van der Waals surface area contributed by atoms with Gasteiger partial charge < -0.3 is 5.73 Å². The molecule has 4 nitrogen and oxygen atoms in total. The molecule has 0 spiro atoms. The van der Waals surface area contributed by atoms with Crippen LogP contribution >= 0.6 is 11.8 Å². The second kappa shape index (κ2) is 3.23. The Balaban J connectivity index is 2.41. The van der Waals surface area contributed by atoms with Gasteiger partial charge in [0.05, 0.1) is 12.5 Å². The fourth-order valence-corrected chi connectivity index (χ4v) is 1.14. The lowest BCUT2D eigenvalue weighted by Crippen LogP contribution is -2.34. The zero-order chi connectivity index (χ0) is 7.56. The minimum atomic E-state index is -0.452. The molecule has 58 valence electrons. The van der Waals surface area contributed by atoms with Crippen molar-refractivity contribution in [3.8, 4) is 0 Å². The molecule has 0 unspecified atom stereocenters. The number of hydrogen-bond acceptors (Lipinski definition) is 4. The lowest BCUT2D eigenvalue weighted by atomic mass is 10.3. The second-order valence-electron chi connectivity index (χ2n) is 2.04. The SMILES string of the molecule is CSCN1OC[C@@H](N)C1=O. The molecule has 0 aliphatic carbocycles. The van der Waals surface area contributed by atoms with E-state index >= 15 is 0 Å². The highest BCUT2D eigenvalue weighted by Crippen LogP contribution is 2.08. The molecule has 1 fully saturated rings. The van der Waals surface area contributed by atoms with Crippen LogP contribution in [0, 0.1) is 0 Å². The molecule has 1 amide bonds. The molecule has 0 saturated carbocycles. The largest absolute Gasteiger partial charge is 0.318 e. The van der Waals surface area contributed by atoms with Crippen molar-refractivity contribution >= 4 is 17.7 Å². The van der Waals surface area contributed by atoms with Crippen LogP contribution in [0.1, 0.15) is 0 Å². The van der Waals surface area contributed by atoms with Crippen LogP contribution in [0.15, 0.2) is 0 Å². The van der Waals surface area contributed by atoms with Gasteiger partial charge in [0.1, 0.15) is 6.04 Å². The Morgan fingerprint density at radius 3 is 3.10 bits per heavy atom. The van der Waals surface area contributed by atoms with E-state index in [0.717, 1.165) is 0 Å². The number of nitrogens with two attached hydrogens (primary N) is 1. The van der Waals surface area contributed by atoms with E-state index in [9.17, 15) is 4.79 Å². The average molecular weight is 162 g/mol. The van der Waals surface area contributed by atoms with Gasteiger partial charge in [-0.05, 0) is 6.26 Å². The van der Waals surface area contributed by atoms with Gasteiger partial charge in [-0.1, -0.05) is 0 Å². The Kier molecular flexibility index (Phi) is 2.53. The van der Waals surface area contributed by atoms with Gasteiger partial charge >= 0.3 is 0 Å². The Hall–Kier alpha value is -0.260. The van der Waals surface area contributed by atoms with Gasteiger partial charge in [-0.15, -0.1) is 11.8 Å². The van der Waals surface area contributed by atoms with Gasteiger partial charge in [-0.2, -0.15) is 0 Å². The maximum atomic E-state index is 11.0. The van der Waals surface area contributed by atoms with Crippen molar-refractivity contribution in [1.82, 2.24) is 5.06 Å². The summed E-state index contributed by atoms with van der Waals surface area (Å²) in [6.45, 7) is 0.319. The molecule has 1 atom stereocenters. The van der Waals surface area contributed by atoms with Crippen LogP contribution in [0.25, 0.3) is 0 Å². The van der Waals surface area contributed by atoms with Gasteiger partial charge in [-0.3, -0.25) is 9.63 Å². The molecule has 0 aromatic carbocycles. The minimum Gasteiger partial charge on any atom is -0.318 e. The van der Waals surface area contributed by atoms with Crippen molar-refractivity contribution in [2.75, 3.05) is 18.7 Å². The predicted molar refractivity (Wildman–Crippen MR) is 39.2 cm³/mol. The number of carbonyl (C=O) groups excluding carboxylic acids is 1. The van der Waals surface area contributed by atoms with Crippen molar-refractivity contribution < 1.29 is 9.63 Å². The van der Waals surface area contributed by atoms with Crippen LogP contribution in [0.4, 0.5) is 0 Å². The smallest absolute Gasteiger partial charge is 0.266 e. The van der Waals surface area contributed by atoms with Crippen LogP contribution in [-0.4, -0.2) is 35.8 Å². The van der Waals surface area contributed by atoms with E-state index in [2.05, 4.69) is 0 Å². The van der Waals surface area contributed by atoms with E-state index in [4.69, 9.17) is 10.6 Å². The lowest BCUT2D eigenvalue weighted by Gasteiger charge is -2.10. The maximum absolute atomic E-state index is 11.0. The van der Waals surface area contributed by atoms with Crippen LogP contribution in [0.2, 0.25) is 0 Å². The Morgan fingerprint density at radius 2 is 2.70 bits per heavy atom. The Bertz CT molecular complexity index is 140. The fourth-order valence-electron chi connectivity index (χ4n) is 0.708. The predicted octanol–water partition coefficient (Wildman–Crippen LogP) is -0.592. The van der Waals surface area contributed by atoms with Crippen molar-refractivity contribution in [3.05, 3.63) is 0 Å². The second-order valence-corrected chi connectivity index (χ2v) is 2.87. The van der Waals surface area contributed by atoms with Gasteiger partial charge in [-0.25, -0.2) is 5.06 Å². The zero-order valence-corrected chi connectivity index (χ0v) is 6.56. The third-order valence-electron chi connectivity index (χ3n) is 1.22. The first kappa shape index (κ1) is 7.84. The quantitative estimate of drug-likeness (QED) is 0.589. The van der Waals surface area contributed by atoms with Crippen LogP contribution in [0.5, 0.6) is 0 Å². The number of nitrogens with zero attached hydrogens (tertiary/aromatic N) is 1. The van der Waals surface area contributed by atoms with E-state index < -0.39 is 6.04 Å². The van der Waals surface area contributed by atoms with E-state index in [-0.39, 0.29) is 5.91 Å². The summed E-state index contributed by atoms with van der Waals surface area (Å²) in [6.07, 6.45) is 1.90. The van der Waals surface area contributed by atoms with Crippen molar-refractivity contribution in [1.29, 1.82) is 0 Å². The first-order valence-electron chi connectivity index (χ1n) is 2.94. The van der Waals surface area contributed by atoms with E-state index in [0.29, 0.717) is 12.5 Å². The average Bonchev–Trinajstić information content (AvgIpc) is 2.20. The van der Waals surface area contributed by atoms with Gasteiger partial charge in [0, 0.05) is 0 Å². The maximum Gasteiger partial charge on any atom is 0.266 e. The third-order valence-corrected chi connectivity index (χ3v) is 1.71. The standard InChI is InChI=1S/C5H10N2O2S/c1-10-3-7-5(8)4(6)2-9-7/h4H,2-3,6H2,1H3/t4-/m1/s1. The highest BCUT2D eigenvalue weighted by atomic mass is 32.2. The first-order valence-corrected chi connectivity index (χ1v) is 4.34. The summed E-state index contributed by atoms with van der Waals surface area (Å²) in [5.74, 6) is 0.446. The summed E-state index contributed by atoms with van der Waals surface area (Å²) in [6, 6.07) is -0.452. The molecule has 10 heavy (non-hydrogen) atoms. The normalized spacial score (nSPS) is 26.0. The minimum absolute atomic E-state index is 0.116. The van der Waals surface area contributed by atoms with E-state index in [1.54, 1.807) is 0 Å². The topological polar surface area (TPSA) is 55.6 Å². The molecule has 1 aliphatic heterocycles. The molecule has 0 aromatic heterocycles. The number of carbonyl (C=O) groups is 1. The lowest BCUT2D eigenvalue weighted by molar-refractivity contribution is -0.156. The van der Waals surface area contributed by atoms with Crippen molar-refractivity contribution in [2.24, 2.45) is 5.73 Å². The highest BCUT2D eigenvalue weighted by Gasteiger charge is 2.29. The molecule has 2 N–H and O–H groups in total. The summed E-state index contributed by atoms with van der Waals surface area (Å²) in [7, 11) is 0. The zero-order valence-electron chi connectivity index (χ0n) is 5.74. The molecule has 1 rings (SSSR count). The molecular formula is C5H10N2O2S. The number of thioether (sulfide) groups is 1. The number of hydrogen-bond donors (Lipinski definition) is 1. The summed E-state index contributed by atoms with van der Waals surface area (Å²) in [5, 5.41) is 1.30. The van der Waals surface area contributed by atoms with E-state index in [1.165, 1.54) is 16.8 Å². The summed E-state index contributed by atoms with van der Waals surface area (Å²) >= 11 is 1.53. The van der Waals surface area contributed by atoms with Crippen molar-refractivity contribution in [3.63, 3.8) is 0 Å². The molecule has 1 aliphatic rings. The number of hydroxylamine groups is 2. The number of amides is 1. The Labute approximate surface area is 63.6 Å². The fraction of sp³-hybridized carbons (Fsp3) is 0.800.